The Kier molecular flexibility index (Phi) is 2.83. The Morgan fingerprint density at radius 2 is 2.00 bits per heavy atom. The van der Waals surface area contributed by atoms with Crippen molar-refractivity contribution in [3.8, 4) is 0 Å². The molecular weight excluding hydrogens is 260 g/mol. The van der Waals surface area contributed by atoms with Crippen molar-refractivity contribution >= 4 is 5.78 Å². The summed E-state index contributed by atoms with van der Waals surface area (Å²) < 4.78 is 0. The van der Waals surface area contributed by atoms with Crippen LogP contribution < -0.4 is 0 Å². The van der Waals surface area contributed by atoms with Crippen molar-refractivity contribution < 1.29 is 9.90 Å². The number of carbonyl (C=O) groups is 1. The number of aliphatic hydroxyl groups excluding tert-OH is 1. The quantitative estimate of drug-likeness (QED) is 0.688. The first-order chi connectivity index (χ1) is 9.95. The van der Waals surface area contributed by atoms with E-state index in [4.69, 9.17) is 0 Å². The van der Waals surface area contributed by atoms with E-state index in [1.807, 2.05) is 6.08 Å². The Morgan fingerprint density at radius 3 is 2.81 bits per heavy atom. The molecule has 0 spiro atoms. The van der Waals surface area contributed by atoms with Crippen LogP contribution in [0.1, 0.15) is 58.8 Å². The summed E-state index contributed by atoms with van der Waals surface area (Å²) in [6, 6.07) is 0. The number of rotatable bonds is 0. The highest BCUT2D eigenvalue weighted by molar-refractivity contribution is 5.92. The number of ketones is 1. The van der Waals surface area contributed by atoms with Crippen LogP contribution in [0.25, 0.3) is 0 Å². The molecule has 5 atom stereocenters. The fraction of sp³-hybridized carbons (Fsp3) is 0.737. The van der Waals surface area contributed by atoms with Gasteiger partial charge < -0.3 is 5.11 Å². The van der Waals surface area contributed by atoms with E-state index in [1.54, 1.807) is 5.57 Å². The van der Waals surface area contributed by atoms with Crippen molar-refractivity contribution in [2.24, 2.45) is 22.7 Å². The van der Waals surface area contributed by atoms with Gasteiger partial charge in [0.05, 0.1) is 6.10 Å². The zero-order chi connectivity index (χ0) is 14.8. The predicted molar refractivity (Wildman–Crippen MR) is 82.7 cm³/mol. The van der Waals surface area contributed by atoms with Gasteiger partial charge in [-0.3, -0.25) is 4.79 Å². The van der Waals surface area contributed by atoms with E-state index < -0.39 is 0 Å². The predicted octanol–water partition coefficient (Wildman–Crippen LogP) is 3.80. The molecule has 114 valence electrons. The molecule has 0 aliphatic heterocycles. The minimum absolute atomic E-state index is 0.0935. The Bertz CT molecular complexity index is 558. The van der Waals surface area contributed by atoms with Crippen molar-refractivity contribution in [2.75, 3.05) is 0 Å². The summed E-state index contributed by atoms with van der Waals surface area (Å²) in [6.07, 6.45) is 11.4. The van der Waals surface area contributed by atoms with Gasteiger partial charge >= 0.3 is 0 Å². The summed E-state index contributed by atoms with van der Waals surface area (Å²) in [5.41, 5.74) is 3.20. The number of hydrogen-bond acceptors (Lipinski definition) is 2. The number of allylic oxidation sites excluding steroid dienone is 4. The molecule has 0 unspecified atom stereocenters. The van der Waals surface area contributed by atoms with Crippen molar-refractivity contribution in [3.63, 3.8) is 0 Å². The van der Waals surface area contributed by atoms with E-state index in [0.717, 1.165) is 25.7 Å². The maximum Gasteiger partial charge on any atom is 0.155 e. The Balaban J connectivity index is 1.76. The van der Waals surface area contributed by atoms with Crippen molar-refractivity contribution in [2.45, 2.75) is 64.9 Å². The first kappa shape index (κ1) is 13.8. The summed E-state index contributed by atoms with van der Waals surface area (Å²) in [5.74, 6) is 1.60. The van der Waals surface area contributed by atoms with E-state index in [1.165, 1.54) is 18.4 Å². The van der Waals surface area contributed by atoms with Crippen LogP contribution in [0.5, 0.6) is 0 Å². The van der Waals surface area contributed by atoms with Gasteiger partial charge in [0.15, 0.2) is 5.78 Å². The van der Waals surface area contributed by atoms with E-state index in [-0.39, 0.29) is 16.9 Å². The van der Waals surface area contributed by atoms with Crippen LogP contribution in [0.3, 0.4) is 0 Å². The smallest absolute Gasteiger partial charge is 0.155 e. The third-order valence-electron chi connectivity index (χ3n) is 7.28. The van der Waals surface area contributed by atoms with Crippen LogP contribution in [0.15, 0.2) is 23.3 Å². The van der Waals surface area contributed by atoms with E-state index in [9.17, 15) is 9.90 Å². The van der Waals surface area contributed by atoms with Crippen molar-refractivity contribution in [1.82, 2.24) is 0 Å². The van der Waals surface area contributed by atoms with E-state index in [2.05, 4.69) is 19.9 Å². The number of carbonyl (C=O) groups excluding carboxylic acids is 1. The van der Waals surface area contributed by atoms with Gasteiger partial charge in [-0.05, 0) is 56.4 Å². The lowest BCUT2D eigenvalue weighted by molar-refractivity contribution is -0.115. The lowest BCUT2D eigenvalue weighted by Crippen LogP contribution is -2.45. The Hall–Kier alpha value is -0.890. The second-order valence-corrected chi connectivity index (χ2v) is 8.18. The zero-order valence-corrected chi connectivity index (χ0v) is 13.2. The topological polar surface area (TPSA) is 37.3 Å². The molecular formula is C19H26O2. The maximum atomic E-state index is 11.8. The monoisotopic (exact) mass is 286 g/mol. The Morgan fingerprint density at radius 1 is 1.19 bits per heavy atom. The van der Waals surface area contributed by atoms with E-state index >= 15 is 0 Å². The van der Waals surface area contributed by atoms with Gasteiger partial charge in [-0.2, -0.15) is 0 Å². The lowest BCUT2D eigenvalue weighted by Gasteiger charge is -2.53. The van der Waals surface area contributed by atoms with Crippen molar-refractivity contribution in [3.05, 3.63) is 23.3 Å². The van der Waals surface area contributed by atoms with Crippen LogP contribution in [-0.2, 0) is 4.79 Å². The highest BCUT2D eigenvalue weighted by Crippen LogP contribution is 2.62. The SMILES string of the molecule is C[C@@]12CCC(=O)C=C1CC[C@@H]1C2=CC[C@]2(C)[C@H](O)CC[C@@H]12. The third-order valence-corrected chi connectivity index (χ3v) is 7.28. The number of aliphatic hydroxyl groups is 1. The minimum atomic E-state index is -0.127. The first-order valence-corrected chi connectivity index (χ1v) is 8.57. The van der Waals surface area contributed by atoms with Gasteiger partial charge in [0, 0.05) is 17.3 Å². The fourth-order valence-corrected chi connectivity index (χ4v) is 5.83. The summed E-state index contributed by atoms with van der Waals surface area (Å²) in [6.45, 7) is 4.65. The molecule has 0 radical (unpaired) electrons. The molecule has 0 saturated heterocycles. The highest BCUT2D eigenvalue weighted by atomic mass is 16.3. The second-order valence-electron chi connectivity index (χ2n) is 8.18. The van der Waals surface area contributed by atoms with Crippen LogP contribution in [0.2, 0.25) is 0 Å². The first-order valence-electron chi connectivity index (χ1n) is 8.57. The van der Waals surface area contributed by atoms with Gasteiger partial charge in [0.25, 0.3) is 0 Å². The molecule has 2 nitrogen and oxygen atoms in total. The molecule has 2 heteroatoms. The highest BCUT2D eigenvalue weighted by Gasteiger charge is 2.55. The average Bonchev–Trinajstić information content (AvgIpc) is 2.76. The normalized spacial score (nSPS) is 48.9. The summed E-state index contributed by atoms with van der Waals surface area (Å²) in [4.78, 5) is 11.8. The maximum absolute atomic E-state index is 11.8. The van der Waals surface area contributed by atoms with Crippen LogP contribution in [0, 0.1) is 22.7 Å². The standard InChI is InChI=1S/C19H26O2/c1-18-9-7-13(20)11-12(18)3-4-14-15-5-6-17(21)19(15,2)10-8-16(14)18/h8,11,14-15,17,21H,3-7,9-10H2,1-2H3/t14-,15-,17+,18+,19-/m0/s1. The summed E-state index contributed by atoms with van der Waals surface area (Å²) in [5, 5.41) is 10.4. The molecule has 0 aromatic rings. The molecule has 0 heterocycles. The van der Waals surface area contributed by atoms with Gasteiger partial charge in [-0.25, -0.2) is 0 Å². The molecule has 0 bridgehead atoms. The van der Waals surface area contributed by atoms with E-state index in [0.29, 0.717) is 24.0 Å². The summed E-state index contributed by atoms with van der Waals surface area (Å²) in [7, 11) is 0. The average molecular weight is 286 g/mol. The fourth-order valence-electron chi connectivity index (χ4n) is 5.83. The molecule has 21 heavy (non-hydrogen) atoms. The second kappa shape index (κ2) is 4.32. The van der Waals surface area contributed by atoms with Crippen molar-refractivity contribution in [1.29, 1.82) is 0 Å². The molecule has 2 saturated carbocycles. The minimum Gasteiger partial charge on any atom is -0.393 e. The zero-order valence-electron chi connectivity index (χ0n) is 13.2. The molecule has 2 fully saturated rings. The largest absolute Gasteiger partial charge is 0.393 e. The molecule has 1 N–H and O–H groups in total. The van der Waals surface area contributed by atoms with Crippen LogP contribution in [0.4, 0.5) is 0 Å². The van der Waals surface area contributed by atoms with Gasteiger partial charge in [0.1, 0.15) is 0 Å². The lowest BCUT2D eigenvalue weighted by atomic mass is 9.52. The van der Waals surface area contributed by atoms with Crippen LogP contribution >= 0.6 is 0 Å². The third kappa shape index (κ3) is 1.72. The molecule has 4 aliphatic carbocycles. The van der Waals surface area contributed by atoms with Gasteiger partial charge in [-0.1, -0.05) is 31.1 Å². The molecule has 0 aromatic carbocycles. The Labute approximate surface area is 127 Å². The van der Waals surface area contributed by atoms with Gasteiger partial charge in [-0.15, -0.1) is 0 Å². The molecule has 0 aromatic heterocycles. The summed E-state index contributed by atoms with van der Waals surface area (Å²) >= 11 is 0. The number of fused-ring (bicyclic) bond motifs is 5. The molecule has 4 rings (SSSR count). The number of hydrogen-bond donors (Lipinski definition) is 1. The molecule has 4 aliphatic rings. The van der Waals surface area contributed by atoms with Crippen LogP contribution in [-0.4, -0.2) is 17.0 Å². The van der Waals surface area contributed by atoms with Gasteiger partial charge in [0.2, 0.25) is 0 Å². The molecule has 0 amide bonds.